The molecule has 0 bridgehead atoms. The van der Waals surface area contributed by atoms with E-state index in [0.29, 0.717) is 17.1 Å². The molecule has 136 valence electrons. The van der Waals surface area contributed by atoms with Crippen LogP contribution in [0.5, 0.6) is 0 Å². The van der Waals surface area contributed by atoms with E-state index >= 15 is 0 Å². The third kappa shape index (κ3) is 4.00. The van der Waals surface area contributed by atoms with E-state index in [1.165, 1.54) is 0 Å². The lowest BCUT2D eigenvalue weighted by Gasteiger charge is -2.23. The number of alkyl carbamates (subject to hydrolysis) is 1. The van der Waals surface area contributed by atoms with Crippen LogP contribution >= 0.6 is 11.6 Å². The quantitative estimate of drug-likeness (QED) is 0.865. The fourth-order valence-corrected chi connectivity index (χ4v) is 3.30. The normalized spacial score (nSPS) is 17.2. The van der Waals surface area contributed by atoms with Crippen LogP contribution in [0.15, 0.2) is 24.4 Å². The number of carbonyl (C=O) groups excluding carboxylic acids is 1. The van der Waals surface area contributed by atoms with Gasteiger partial charge in [-0.25, -0.2) is 4.79 Å². The first-order valence-corrected chi connectivity index (χ1v) is 8.87. The minimum atomic E-state index is -0.533. The van der Waals surface area contributed by atoms with Crippen molar-refractivity contribution in [1.82, 2.24) is 10.3 Å². The van der Waals surface area contributed by atoms with E-state index in [2.05, 4.69) is 21.3 Å². The van der Waals surface area contributed by atoms with E-state index in [-0.39, 0.29) is 6.04 Å². The Morgan fingerprint density at radius 1 is 1.46 bits per heavy atom. The van der Waals surface area contributed by atoms with E-state index in [4.69, 9.17) is 16.3 Å². The largest absolute Gasteiger partial charge is 0.444 e. The molecule has 1 saturated heterocycles. The highest BCUT2D eigenvalue weighted by molar-refractivity contribution is 6.31. The van der Waals surface area contributed by atoms with Crippen LogP contribution in [0.4, 0.5) is 10.5 Å². The van der Waals surface area contributed by atoms with E-state index in [0.717, 1.165) is 29.6 Å². The monoisotopic (exact) mass is 372 g/mol. The van der Waals surface area contributed by atoms with Gasteiger partial charge in [0, 0.05) is 29.7 Å². The maximum atomic E-state index is 12.0. The number of pyridine rings is 1. The molecule has 7 heteroatoms. The number of fused-ring (bicyclic) bond motifs is 1. The van der Waals surface area contributed by atoms with Gasteiger partial charge < -0.3 is 15.0 Å². The minimum absolute atomic E-state index is 0.0428. The summed E-state index contributed by atoms with van der Waals surface area (Å²) < 4.78 is 5.32. The van der Waals surface area contributed by atoms with Gasteiger partial charge in [0.05, 0.1) is 22.8 Å². The second-order valence-corrected chi connectivity index (χ2v) is 7.81. The van der Waals surface area contributed by atoms with Crippen LogP contribution in [0, 0.1) is 11.3 Å². The molecule has 2 heterocycles. The summed E-state index contributed by atoms with van der Waals surface area (Å²) in [6.07, 6.45) is 1.93. The first-order valence-electron chi connectivity index (χ1n) is 8.49. The highest BCUT2D eigenvalue weighted by atomic mass is 35.5. The van der Waals surface area contributed by atoms with Gasteiger partial charge in [-0.15, -0.1) is 0 Å². The zero-order chi connectivity index (χ0) is 18.9. The number of halogens is 1. The van der Waals surface area contributed by atoms with Crippen molar-refractivity contribution in [2.24, 2.45) is 0 Å². The molecule has 2 aromatic rings. The molecule has 1 aliphatic rings. The predicted molar refractivity (Wildman–Crippen MR) is 101 cm³/mol. The van der Waals surface area contributed by atoms with Gasteiger partial charge in [-0.05, 0) is 45.4 Å². The van der Waals surface area contributed by atoms with Crippen molar-refractivity contribution in [2.75, 3.05) is 18.0 Å². The maximum Gasteiger partial charge on any atom is 0.407 e. The van der Waals surface area contributed by atoms with Crippen LogP contribution in [0.25, 0.3) is 10.9 Å². The molecule has 3 rings (SSSR count). The molecule has 6 nitrogen and oxygen atoms in total. The Morgan fingerprint density at radius 3 is 2.92 bits per heavy atom. The molecule has 0 saturated carbocycles. The summed E-state index contributed by atoms with van der Waals surface area (Å²) in [5.41, 5.74) is 1.56. The molecule has 1 aromatic heterocycles. The number of aromatic nitrogens is 1. The number of benzene rings is 1. The van der Waals surface area contributed by atoms with Gasteiger partial charge in [-0.3, -0.25) is 4.98 Å². The summed E-state index contributed by atoms with van der Waals surface area (Å²) in [6.45, 7) is 6.82. The summed E-state index contributed by atoms with van der Waals surface area (Å²) in [5, 5.41) is 13.8. The maximum absolute atomic E-state index is 12.0. The molecule has 0 spiro atoms. The van der Waals surface area contributed by atoms with Crippen molar-refractivity contribution in [1.29, 1.82) is 5.26 Å². The van der Waals surface area contributed by atoms with Crippen LogP contribution in [-0.4, -0.2) is 35.8 Å². The molecule has 0 aliphatic carbocycles. The van der Waals surface area contributed by atoms with Gasteiger partial charge >= 0.3 is 6.09 Å². The molecule has 0 radical (unpaired) electrons. The van der Waals surface area contributed by atoms with Crippen molar-refractivity contribution >= 4 is 34.3 Å². The van der Waals surface area contributed by atoms with E-state index in [9.17, 15) is 10.1 Å². The Hall–Kier alpha value is -2.52. The SMILES string of the molecule is CC(C)(C)OC(=O)NC1CCN(c2c(C#N)cnc3ccc(Cl)cc23)C1. The number of anilines is 1. The van der Waals surface area contributed by atoms with Crippen LogP contribution in [0.2, 0.25) is 5.02 Å². The van der Waals surface area contributed by atoms with Gasteiger partial charge in [0.1, 0.15) is 11.7 Å². The van der Waals surface area contributed by atoms with Crippen LogP contribution in [0.3, 0.4) is 0 Å². The standard InChI is InChI=1S/C19H21ClN4O2/c1-19(2,3)26-18(25)23-14-6-7-24(11-14)17-12(9-21)10-22-16-5-4-13(20)8-15(16)17/h4-5,8,10,14H,6-7,11H2,1-3H3,(H,23,25). The summed E-state index contributed by atoms with van der Waals surface area (Å²) in [6, 6.07) is 7.62. The fourth-order valence-electron chi connectivity index (χ4n) is 3.13. The van der Waals surface area contributed by atoms with Gasteiger partial charge in [0.25, 0.3) is 0 Å². The molecule has 1 N–H and O–H groups in total. The molecule has 1 amide bonds. The lowest BCUT2D eigenvalue weighted by Crippen LogP contribution is -2.40. The first-order chi connectivity index (χ1) is 12.3. The zero-order valence-corrected chi connectivity index (χ0v) is 15.8. The molecule has 1 unspecified atom stereocenters. The number of nitrogens with zero attached hydrogens (tertiary/aromatic N) is 3. The van der Waals surface area contributed by atoms with Crippen LogP contribution in [-0.2, 0) is 4.74 Å². The minimum Gasteiger partial charge on any atom is -0.444 e. The van der Waals surface area contributed by atoms with Gasteiger partial charge in [-0.1, -0.05) is 11.6 Å². The number of hydrogen-bond acceptors (Lipinski definition) is 5. The zero-order valence-electron chi connectivity index (χ0n) is 15.0. The van der Waals surface area contributed by atoms with Crippen molar-refractivity contribution < 1.29 is 9.53 Å². The predicted octanol–water partition coefficient (Wildman–Crippen LogP) is 3.86. The molecule has 26 heavy (non-hydrogen) atoms. The highest BCUT2D eigenvalue weighted by Crippen LogP contribution is 2.33. The molecule has 1 aromatic carbocycles. The summed E-state index contributed by atoms with van der Waals surface area (Å²) in [5.74, 6) is 0. The Kier molecular flexibility index (Phi) is 4.92. The highest BCUT2D eigenvalue weighted by Gasteiger charge is 2.28. The second kappa shape index (κ2) is 7.00. The Bertz CT molecular complexity index is 885. The first kappa shape index (κ1) is 18.3. The number of carbonyl (C=O) groups is 1. The third-order valence-corrected chi connectivity index (χ3v) is 4.38. The van der Waals surface area contributed by atoms with Crippen LogP contribution in [0.1, 0.15) is 32.8 Å². The third-order valence-electron chi connectivity index (χ3n) is 4.15. The van der Waals surface area contributed by atoms with Crippen molar-refractivity contribution in [3.8, 4) is 6.07 Å². The van der Waals surface area contributed by atoms with Gasteiger partial charge in [0.2, 0.25) is 0 Å². The number of rotatable bonds is 2. The Morgan fingerprint density at radius 2 is 2.23 bits per heavy atom. The number of amides is 1. The molecule has 1 atom stereocenters. The molecular formula is C19H21ClN4O2. The number of hydrogen-bond donors (Lipinski definition) is 1. The molecule has 1 aliphatic heterocycles. The Labute approximate surface area is 157 Å². The fraction of sp³-hybridized carbons (Fsp3) is 0.421. The summed E-state index contributed by atoms with van der Waals surface area (Å²) >= 11 is 6.15. The average Bonchev–Trinajstić information content (AvgIpc) is 2.99. The van der Waals surface area contributed by atoms with Crippen molar-refractivity contribution in [2.45, 2.75) is 38.8 Å². The topological polar surface area (TPSA) is 78.2 Å². The van der Waals surface area contributed by atoms with Crippen molar-refractivity contribution in [3.63, 3.8) is 0 Å². The van der Waals surface area contributed by atoms with Gasteiger partial charge in [0.15, 0.2) is 0 Å². The smallest absolute Gasteiger partial charge is 0.407 e. The van der Waals surface area contributed by atoms with E-state index < -0.39 is 11.7 Å². The summed E-state index contributed by atoms with van der Waals surface area (Å²) in [4.78, 5) is 18.4. The second-order valence-electron chi connectivity index (χ2n) is 7.37. The van der Waals surface area contributed by atoms with Crippen LogP contribution < -0.4 is 10.2 Å². The van der Waals surface area contributed by atoms with E-state index in [1.54, 1.807) is 12.3 Å². The lowest BCUT2D eigenvalue weighted by molar-refractivity contribution is 0.0509. The Balaban J connectivity index is 1.83. The number of nitriles is 1. The summed E-state index contributed by atoms with van der Waals surface area (Å²) in [7, 11) is 0. The average molecular weight is 373 g/mol. The van der Waals surface area contributed by atoms with Crippen molar-refractivity contribution in [3.05, 3.63) is 35.0 Å². The van der Waals surface area contributed by atoms with E-state index in [1.807, 2.05) is 32.9 Å². The number of ether oxygens (including phenoxy) is 1. The molecular weight excluding hydrogens is 352 g/mol. The van der Waals surface area contributed by atoms with Gasteiger partial charge in [-0.2, -0.15) is 5.26 Å². The number of nitrogens with one attached hydrogen (secondary N) is 1. The lowest BCUT2D eigenvalue weighted by atomic mass is 10.1. The molecule has 1 fully saturated rings.